The number of ether oxygens (including phenoxy) is 3. The highest BCUT2D eigenvalue weighted by molar-refractivity contribution is 7.90. The van der Waals surface area contributed by atoms with E-state index in [4.69, 9.17) is 14.2 Å². The highest BCUT2D eigenvalue weighted by Gasteiger charge is 2.43. The molecule has 2 aromatic carbocycles. The van der Waals surface area contributed by atoms with Gasteiger partial charge in [-0.25, -0.2) is 12.7 Å². The molecule has 2 aromatic rings. The first kappa shape index (κ1) is 20.5. The average Bonchev–Trinajstić information content (AvgIpc) is 2.91. The number of carbonyl (C=O) groups excluding carboxylic acids is 2. The predicted molar refractivity (Wildman–Crippen MR) is 103 cm³/mol. The van der Waals surface area contributed by atoms with E-state index in [1.807, 2.05) is 0 Å². The van der Waals surface area contributed by atoms with E-state index in [9.17, 15) is 18.0 Å². The summed E-state index contributed by atoms with van der Waals surface area (Å²) in [6.07, 6.45) is 0. The molecule has 0 aromatic heterocycles. The van der Waals surface area contributed by atoms with Gasteiger partial charge in [-0.05, 0) is 12.1 Å². The van der Waals surface area contributed by atoms with Crippen molar-refractivity contribution in [1.82, 2.24) is 9.62 Å². The number of carbonyl (C=O) groups is 2. The Labute approximate surface area is 168 Å². The van der Waals surface area contributed by atoms with Crippen molar-refractivity contribution in [1.29, 1.82) is 0 Å². The second kappa shape index (κ2) is 8.00. The van der Waals surface area contributed by atoms with Crippen LogP contribution in [0.25, 0.3) is 0 Å². The number of hydrogen-bond acceptors (Lipinski definition) is 7. The van der Waals surface area contributed by atoms with E-state index < -0.39 is 28.4 Å². The number of nitrogens with one attached hydrogen (secondary N) is 1. The molecule has 10 heteroatoms. The predicted octanol–water partition coefficient (Wildman–Crippen LogP) is 1.17. The zero-order valence-corrected chi connectivity index (χ0v) is 16.9. The molecule has 0 unspecified atom stereocenters. The van der Waals surface area contributed by atoms with Gasteiger partial charge in [0.15, 0.2) is 11.5 Å². The molecule has 29 heavy (non-hydrogen) atoms. The van der Waals surface area contributed by atoms with E-state index in [2.05, 4.69) is 5.32 Å². The molecule has 1 heterocycles. The zero-order valence-electron chi connectivity index (χ0n) is 16.1. The fourth-order valence-corrected chi connectivity index (χ4v) is 4.51. The summed E-state index contributed by atoms with van der Waals surface area (Å²) in [6, 6.07) is 9.60. The number of rotatable bonds is 7. The minimum absolute atomic E-state index is 0.0693. The molecule has 3 rings (SSSR count). The molecule has 9 nitrogen and oxygen atoms in total. The Morgan fingerprint density at radius 2 is 1.62 bits per heavy atom. The van der Waals surface area contributed by atoms with Gasteiger partial charge in [0.05, 0.1) is 26.9 Å². The Hall–Kier alpha value is -3.27. The minimum atomic E-state index is -4.18. The third kappa shape index (κ3) is 3.70. The normalized spacial score (nSPS) is 14.3. The molecule has 1 N–H and O–H groups in total. The van der Waals surface area contributed by atoms with E-state index in [0.29, 0.717) is 10.1 Å². The Balaban J connectivity index is 1.79. The molecule has 1 aliphatic rings. The molecule has 0 fully saturated rings. The van der Waals surface area contributed by atoms with Crippen LogP contribution in [0.2, 0.25) is 0 Å². The molecule has 0 aliphatic carbocycles. The third-order valence-electron chi connectivity index (χ3n) is 4.47. The van der Waals surface area contributed by atoms with Crippen molar-refractivity contribution in [2.45, 2.75) is 11.4 Å². The highest BCUT2D eigenvalue weighted by Crippen LogP contribution is 2.38. The number of amides is 2. The first-order chi connectivity index (χ1) is 13.8. The van der Waals surface area contributed by atoms with Crippen LogP contribution >= 0.6 is 0 Å². The second-order valence-corrected chi connectivity index (χ2v) is 7.94. The summed E-state index contributed by atoms with van der Waals surface area (Å²) in [5, 5.41) is 2.60. The summed E-state index contributed by atoms with van der Waals surface area (Å²) in [6.45, 7) is -0.519. The van der Waals surface area contributed by atoms with Gasteiger partial charge < -0.3 is 19.5 Å². The molecular weight excluding hydrogens is 400 g/mol. The lowest BCUT2D eigenvalue weighted by molar-refractivity contribution is -0.121. The van der Waals surface area contributed by atoms with Crippen LogP contribution in [0.5, 0.6) is 17.2 Å². The van der Waals surface area contributed by atoms with Crippen LogP contribution in [-0.2, 0) is 21.4 Å². The van der Waals surface area contributed by atoms with Gasteiger partial charge >= 0.3 is 0 Å². The van der Waals surface area contributed by atoms with E-state index >= 15 is 0 Å². The smallest absolute Gasteiger partial charge is 0.269 e. The molecule has 2 amide bonds. The summed E-state index contributed by atoms with van der Waals surface area (Å²) in [7, 11) is 0.0626. The number of sulfonamides is 1. The molecule has 0 saturated heterocycles. The van der Waals surface area contributed by atoms with Crippen LogP contribution in [-0.4, -0.2) is 52.4 Å². The van der Waals surface area contributed by atoms with E-state index in [1.54, 1.807) is 24.3 Å². The maximum atomic E-state index is 12.8. The Morgan fingerprint density at radius 3 is 2.28 bits per heavy atom. The monoisotopic (exact) mass is 420 g/mol. The number of para-hydroxylation sites is 1. The third-order valence-corrected chi connectivity index (χ3v) is 6.24. The van der Waals surface area contributed by atoms with Crippen molar-refractivity contribution in [3.8, 4) is 17.2 Å². The Kier molecular flexibility index (Phi) is 5.64. The maximum Gasteiger partial charge on any atom is 0.269 e. The molecule has 0 saturated carbocycles. The lowest BCUT2D eigenvalue weighted by atomic mass is 10.2. The highest BCUT2D eigenvalue weighted by atomic mass is 32.2. The van der Waals surface area contributed by atoms with Crippen LogP contribution in [0.1, 0.15) is 15.9 Å². The summed E-state index contributed by atoms with van der Waals surface area (Å²) in [4.78, 5) is 24.8. The van der Waals surface area contributed by atoms with Gasteiger partial charge in [0.25, 0.3) is 15.9 Å². The summed E-state index contributed by atoms with van der Waals surface area (Å²) >= 11 is 0. The van der Waals surface area contributed by atoms with Crippen LogP contribution in [0.15, 0.2) is 41.3 Å². The Bertz CT molecular complexity index is 1070. The van der Waals surface area contributed by atoms with Crippen molar-refractivity contribution < 1.29 is 32.2 Å². The topological polar surface area (TPSA) is 111 Å². The SMILES string of the molecule is COc1ccccc1CNC(=O)CN1C(=O)c2cc(OC)c(OC)cc2S1(=O)=O. The number of benzene rings is 2. The number of hydrogen-bond donors (Lipinski definition) is 1. The van der Waals surface area contributed by atoms with Crippen LogP contribution < -0.4 is 19.5 Å². The van der Waals surface area contributed by atoms with Gasteiger partial charge in [-0.2, -0.15) is 0 Å². The van der Waals surface area contributed by atoms with Gasteiger partial charge in [0, 0.05) is 18.2 Å². The van der Waals surface area contributed by atoms with Gasteiger partial charge in [-0.15, -0.1) is 0 Å². The lowest BCUT2D eigenvalue weighted by Crippen LogP contribution is -2.40. The summed E-state index contributed by atoms with van der Waals surface area (Å²) in [5.74, 6) is -0.445. The molecule has 0 atom stereocenters. The largest absolute Gasteiger partial charge is 0.496 e. The van der Waals surface area contributed by atoms with Gasteiger partial charge in [0.2, 0.25) is 5.91 Å². The fraction of sp³-hybridized carbons (Fsp3) is 0.263. The summed E-state index contributed by atoms with van der Waals surface area (Å²) < 4.78 is 41.5. The molecule has 154 valence electrons. The molecule has 0 radical (unpaired) electrons. The lowest BCUT2D eigenvalue weighted by Gasteiger charge is -2.15. The molecule has 1 aliphatic heterocycles. The average molecular weight is 420 g/mol. The zero-order chi connectivity index (χ0) is 21.2. The number of nitrogens with zero attached hydrogens (tertiary/aromatic N) is 1. The standard InChI is InChI=1S/C19H20N2O7S/c1-26-14-7-5-4-6-12(14)10-20-18(22)11-21-19(23)13-8-15(27-2)16(28-3)9-17(13)29(21,24)25/h4-9H,10-11H2,1-3H3,(H,20,22). The minimum Gasteiger partial charge on any atom is -0.496 e. The molecular formula is C19H20N2O7S. The van der Waals surface area contributed by atoms with Crippen molar-refractivity contribution >= 4 is 21.8 Å². The molecule has 0 spiro atoms. The first-order valence-electron chi connectivity index (χ1n) is 8.55. The van der Waals surface area contributed by atoms with Crippen LogP contribution in [0.3, 0.4) is 0 Å². The van der Waals surface area contributed by atoms with Gasteiger partial charge in [0.1, 0.15) is 17.2 Å². The van der Waals surface area contributed by atoms with Crippen LogP contribution in [0, 0.1) is 0 Å². The van der Waals surface area contributed by atoms with E-state index in [-0.39, 0.29) is 28.5 Å². The second-order valence-electron chi connectivity index (χ2n) is 6.11. The van der Waals surface area contributed by atoms with Gasteiger partial charge in [-0.3, -0.25) is 9.59 Å². The van der Waals surface area contributed by atoms with E-state index in [0.717, 1.165) is 5.56 Å². The maximum absolute atomic E-state index is 12.8. The van der Waals surface area contributed by atoms with Crippen molar-refractivity contribution in [3.05, 3.63) is 47.5 Å². The van der Waals surface area contributed by atoms with Crippen molar-refractivity contribution in [3.63, 3.8) is 0 Å². The van der Waals surface area contributed by atoms with Crippen LogP contribution in [0.4, 0.5) is 0 Å². The number of methoxy groups -OCH3 is 3. The van der Waals surface area contributed by atoms with E-state index in [1.165, 1.54) is 33.5 Å². The quantitative estimate of drug-likeness (QED) is 0.716. The van der Waals surface area contributed by atoms with Crippen molar-refractivity contribution in [2.24, 2.45) is 0 Å². The Morgan fingerprint density at radius 1 is 1.00 bits per heavy atom. The summed E-state index contributed by atoms with van der Waals surface area (Å²) in [5.41, 5.74) is 0.650. The first-order valence-corrected chi connectivity index (χ1v) is 9.99. The number of fused-ring (bicyclic) bond motifs is 1. The van der Waals surface area contributed by atoms with Crippen molar-refractivity contribution in [2.75, 3.05) is 27.9 Å². The molecule has 0 bridgehead atoms. The fourth-order valence-electron chi connectivity index (χ4n) is 2.99. The van der Waals surface area contributed by atoms with Gasteiger partial charge in [-0.1, -0.05) is 18.2 Å².